The summed E-state index contributed by atoms with van der Waals surface area (Å²) in [7, 11) is 0. The molecule has 10 nitrogen and oxygen atoms in total. The van der Waals surface area contributed by atoms with Gasteiger partial charge in [-0.15, -0.1) is 0 Å². The van der Waals surface area contributed by atoms with Crippen LogP contribution in [0.4, 0.5) is 5.69 Å². The van der Waals surface area contributed by atoms with Crippen molar-refractivity contribution < 1.29 is 19.2 Å². The molecule has 1 saturated heterocycles. The first kappa shape index (κ1) is 21.4. The van der Waals surface area contributed by atoms with Crippen LogP contribution in [0.25, 0.3) is 10.9 Å². The van der Waals surface area contributed by atoms with Gasteiger partial charge in [0.05, 0.1) is 28.5 Å². The number of nitrogens with one attached hydrogen (secondary N) is 1. The summed E-state index contributed by atoms with van der Waals surface area (Å²) < 4.78 is 11.2. The van der Waals surface area contributed by atoms with E-state index in [-0.39, 0.29) is 36.4 Å². The van der Waals surface area contributed by atoms with Crippen molar-refractivity contribution in [3.63, 3.8) is 0 Å². The van der Waals surface area contributed by atoms with E-state index in [4.69, 9.17) is 9.47 Å². The maximum absolute atomic E-state index is 12.9. The van der Waals surface area contributed by atoms with E-state index >= 15 is 0 Å². The molecule has 1 amide bonds. The van der Waals surface area contributed by atoms with Crippen molar-refractivity contribution in [2.24, 2.45) is 0 Å². The summed E-state index contributed by atoms with van der Waals surface area (Å²) in [5, 5.41) is 11.3. The minimum absolute atomic E-state index is 0.0602. The monoisotopic (exact) mass is 438 g/mol. The summed E-state index contributed by atoms with van der Waals surface area (Å²) in [6.07, 6.45) is 1.68. The lowest BCUT2D eigenvalue weighted by Gasteiger charge is -2.25. The molecule has 4 rings (SSSR count). The molecule has 0 saturated carbocycles. The molecule has 0 aliphatic carbocycles. The number of para-hydroxylation sites is 1. The molecule has 1 aliphatic rings. The van der Waals surface area contributed by atoms with Crippen LogP contribution in [-0.2, 0) is 16.1 Å². The largest absolute Gasteiger partial charge is 0.484 e. The Morgan fingerprint density at radius 3 is 2.75 bits per heavy atom. The molecule has 32 heavy (non-hydrogen) atoms. The van der Waals surface area contributed by atoms with Gasteiger partial charge in [0.2, 0.25) is 0 Å². The zero-order chi connectivity index (χ0) is 22.5. The first-order valence-electron chi connectivity index (χ1n) is 10.2. The number of aromatic amines is 1. The van der Waals surface area contributed by atoms with Gasteiger partial charge in [0.15, 0.2) is 6.61 Å². The molecular formula is C22H22N4O6. The number of benzene rings is 2. The van der Waals surface area contributed by atoms with Crippen LogP contribution < -0.4 is 10.3 Å². The number of non-ortho nitro benzene ring substituents is 1. The summed E-state index contributed by atoms with van der Waals surface area (Å²) in [5.74, 6) is 0.406. The Hall–Kier alpha value is -3.79. The predicted molar refractivity (Wildman–Crippen MR) is 115 cm³/mol. The summed E-state index contributed by atoms with van der Waals surface area (Å²) in [4.78, 5) is 44.4. The Balaban J connectivity index is 1.48. The van der Waals surface area contributed by atoms with Crippen LogP contribution in [0.15, 0.2) is 53.3 Å². The van der Waals surface area contributed by atoms with Crippen LogP contribution in [0.1, 0.15) is 18.7 Å². The van der Waals surface area contributed by atoms with Crippen molar-refractivity contribution >= 4 is 22.5 Å². The number of hydrogen-bond donors (Lipinski definition) is 1. The van der Waals surface area contributed by atoms with Crippen LogP contribution in [0.3, 0.4) is 0 Å². The Kier molecular flexibility index (Phi) is 6.41. The van der Waals surface area contributed by atoms with Gasteiger partial charge in [0.1, 0.15) is 11.6 Å². The van der Waals surface area contributed by atoms with Gasteiger partial charge >= 0.3 is 0 Å². The van der Waals surface area contributed by atoms with Gasteiger partial charge in [-0.1, -0.05) is 12.1 Å². The average molecular weight is 438 g/mol. The Morgan fingerprint density at radius 1 is 1.25 bits per heavy atom. The molecule has 0 bridgehead atoms. The molecule has 0 radical (unpaired) electrons. The zero-order valence-electron chi connectivity index (χ0n) is 17.2. The Morgan fingerprint density at radius 2 is 2.03 bits per heavy atom. The minimum Gasteiger partial charge on any atom is -0.484 e. The number of H-pyrrole nitrogens is 1. The fraction of sp³-hybridized carbons (Fsp3) is 0.318. The summed E-state index contributed by atoms with van der Waals surface area (Å²) in [5.41, 5.74) is 0.227. The van der Waals surface area contributed by atoms with E-state index in [1.165, 1.54) is 24.3 Å². The van der Waals surface area contributed by atoms with Crippen LogP contribution in [-0.4, -0.2) is 51.6 Å². The molecule has 1 N–H and O–H groups in total. The summed E-state index contributed by atoms with van der Waals surface area (Å²) in [6, 6.07) is 12.5. The van der Waals surface area contributed by atoms with Gasteiger partial charge in [0.25, 0.3) is 17.2 Å². The van der Waals surface area contributed by atoms with E-state index in [1.807, 2.05) is 0 Å². The number of nitro benzene ring substituents is 1. The lowest BCUT2D eigenvalue weighted by molar-refractivity contribution is -0.384. The van der Waals surface area contributed by atoms with Crippen molar-refractivity contribution in [1.82, 2.24) is 14.9 Å². The highest BCUT2D eigenvalue weighted by Crippen LogP contribution is 2.18. The Labute approximate surface area is 182 Å². The lowest BCUT2D eigenvalue weighted by Crippen LogP contribution is -2.40. The zero-order valence-corrected chi connectivity index (χ0v) is 17.2. The fourth-order valence-corrected chi connectivity index (χ4v) is 3.58. The number of amides is 1. The Bertz CT molecular complexity index is 1170. The number of rotatable bonds is 8. The molecule has 1 aromatic heterocycles. The third-order valence-corrected chi connectivity index (χ3v) is 5.21. The van der Waals surface area contributed by atoms with Gasteiger partial charge in [0, 0.05) is 25.3 Å². The van der Waals surface area contributed by atoms with Gasteiger partial charge in [-0.3, -0.25) is 19.7 Å². The number of ether oxygens (including phenoxy) is 2. The number of nitrogens with zero attached hydrogens (tertiary/aromatic N) is 3. The second kappa shape index (κ2) is 9.56. The summed E-state index contributed by atoms with van der Waals surface area (Å²) >= 11 is 0. The van der Waals surface area contributed by atoms with E-state index in [0.717, 1.165) is 12.8 Å². The first-order chi connectivity index (χ1) is 15.5. The van der Waals surface area contributed by atoms with Crippen molar-refractivity contribution in [2.45, 2.75) is 25.5 Å². The first-order valence-corrected chi connectivity index (χ1v) is 10.2. The SMILES string of the molecule is O=C(COc1ccc([N+](=O)[O-])cc1)N(Cc1nc2ccccc2c(=O)[nH]1)CC1CCCO1. The summed E-state index contributed by atoms with van der Waals surface area (Å²) in [6.45, 7) is 0.834. The van der Waals surface area contributed by atoms with Crippen molar-refractivity contribution in [3.05, 3.63) is 74.8 Å². The maximum Gasteiger partial charge on any atom is 0.269 e. The molecule has 3 aromatic rings. The molecule has 10 heteroatoms. The van der Waals surface area contributed by atoms with Crippen LogP contribution in [0.5, 0.6) is 5.75 Å². The van der Waals surface area contributed by atoms with E-state index in [2.05, 4.69) is 9.97 Å². The van der Waals surface area contributed by atoms with E-state index in [0.29, 0.717) is 35.6 Å². The van der Waals surface area contributed by atoms with Gasteiger partial charge < -0.3 is 19.4 Å². The quantitative estimate of drug-likeness (QED) is 0.422. The highest BCUT2D eigenvalue weighted by molar-refractivity contribution is 5.78. The number of nitro groups is 1. The highest BCUT2D eigenvalue weighted by Gasteiger charge is 2.24. The number of hydrogen-bond acceptors (Lipinski definition) is 7. The predicted octanol–water partition coefficient (Wildman–Crippen LogP) is 2.42. The van der Waals surface area contributed by atoms with Crippen molar-refractivity contribution in [2.75, 3.05) is 19.8 Å². The second-order valence-electron chi connectivity index (χ2n) is 7.48. The fourth-order valence-electron chi connectivity index (χ4n) is 3.58. The normalized spacial score (nSPS) is 15.6. The molecule has 1 atom stereocenters. The maximum atomic E-state index is 12.9. The molecule has 166 valence electrons. The van der Waals surface area contributed by atoms with Crippen molar-refractivity contribution in [1.29, 1.82) is 0 Å². The van der Waals surface area contributed by atoms with E-state index in [1.54, 1.807) is 29.2 Å². The topological polar surface area (TPSA) is 128 Å². The molecule has 2 heterocycles. The van der Waals surface area contributed by atoms with Gasteiger partial charge in [-0.2, -0.15) is 0 Å². The number of fused-ring (bicyclic) bond motifs is 1. The molecular weight excluding hydrogens is 416 g/mol. The van der Waals surface area contributed by atoms with Crippen LogP contribution in [0.2, 0.25) is 0 Å². The minimum atomic E-state index is -0.504. The average Bonchev–Trinajstić information content (AvgIpc) is 3.30. The van der Waals surface area contributed by atoms with Crippen LogP contribution >= 0.6 is 0 Å². The number of aromatic nitrogens is 2. The number of carbonyl (C=O) groups is 1. The second-order valence-corrected chi connectivity index (χ2v) is 7.48. The highest BCUT2D eigenvalue weighted by atomic mass is 16.6. The molecule has 0 spiro atoms. The van der Waals surface area contributed by atoms with E-state index < -0.39 is 4.92 Å². The standard InChI is InChI=1S/C22H22N4O6/c27-21(14-32-16-9-7-15(8-10-16)26(29)30)25(12-17-4-3-11-31-17)13-20-23-19-6-2-1-5-18(19)22(28)24-20/h1-2,5-10,17H,3-4,11-14H2,(H,23,24,28). The molecule has 1 unspecified atom stereocenters. The van der Waals surface area contributed by atoms with E-state index in [9.17, 15) is 19.7 Å². The number of carbonyl (C=O) groups excluding carboxylic acids is 1. The third-order valence-electron chi connectivity index (χ3n) is 5.21. The molecule has 1 aliphatic heterocycles. The third kappa shape index (κ3) is 5.09. The lowest BCUT2D eigenvalue weighted by atomic mass is 10.2. The van der Waals surface area contributed by atoms with Gasteiger partial charge in [-0.25, -0.2) is 4.98 Å². The molecule has 2 aromatic carbocycles. The molecule has 1 fully saturated rings. The van der Waals surface area contributed by atoms with Gasteiger partial charge in [-0.05, 0) is 37.1 Å². The van der Waals surface area contributed by atoms with Crippen molar-refractivity contribution in [3.8, 4) is 5.75 Å². The van der Waals surface area contributed by atoms with Crippen LogP contribution in [0, 0.1) is 10.1 Å². The smallest absolute Gasteiger partial charge is 0.269 e.